The number of nitrogens with one attached hydrogen (secondary N) is 1. The smallest absolute Gasteiger partial charge is 0.306 e. The third-order valence-corrected chi connectivity index (χ3v) is 2.41. The molecule has 1 aromatic carbocycles. The Kier molecular flexibility index (Phi) is 4.28. The monoisotopic (exact) mass is 245 g/mol. The van der Waals surface area contributed by atoms with Crippen LogP contribution < -0.4 is 9.50 Å². The Morgan fingerprint density at radius 1 is 1.38 bits per heavy atom. The van der Waals surface area contributed by atoms with Crippen LogP contribution in [0.1, 0.15) is 11.7 Å². The first kappa shape index (κ1) is 13.0. The van der Waals surface area contributed by atoms with Gasteiger partial charge in [-0.15, -0.1) is 0 Å². The summed E-state index contributed by atoms with van der Waals surface area (Å²) in [5.41, 5.74) is 0.704. The summed E-state index contributed by atoms with van der Waals surface area (Å²) in [4.78, 5) is 0. The molecule has 0 saturated carbocycles. The SMILES string of the molecule is CNC[C@H](O)c1ccc(OS(C)(=O)=O)cc1. The lowest BCUT2D eigenvalue weighted by molar-refractivity contribution is 0.178. The second-order valence-electron chi connectivity index (χ2n) is 3.43. The highest BCUT2D eigenvalue weighted by Gasteiger charge is 2.08. The highest BCUT2D eigenvalue weighted by atomic mass is 32.2. The topological polar surface area (TPSA) is 75.6 Å². The normalized spacial score (nSPS) is 13.4. The standard InChI is InChI=1S/C10H15NO4S/c1-11-7-10(12)8-3-5-9(6-4-8)15-16(2,13)14/h3-6,10-12H,7H2,1-2H3/t10-/m0/s1. The van der Waals surface area contributed by atoms with Crippen molar-refractivity contribution in [2.45, 2.75) is 6.10 Å². The first-order valence-corrected chi connectivity index (χ1v) is 6.56. The van der Waals surface area contributed by atoms with Gasteiger partial charge in [0.25, 0.3) is 0 Å². The van der Waals surface area contributed by atoms with Crippen molar-refractivity contribution >= 4 is 10.1 Å². The molecular weight excluding hydrogens is 230 g/mol. The summed E-state index contributed by atoms with van der Waals surface area (Å²) >= 11 is 0. The molecule has 0 bridgehead atoms. The Bertz CT molecular complexity index is 427. The maximum atomic E-state index is 10.8. The highest BCUT2D eigenvalue weighted by Crippen LogP contribution is 2.18. The van der Waals surface area contributed by atoms with Crippen LogP contribution in [0, 0.1) is 0 Å². The Morgan fingerprint density at radius 2 is 1.94 bits per heavy atom. The highest BCUT2D eigenvalue weighted by molar-refractivity contribution is 7.86. The van der Waals surface area contributed by atoms with Gasteiger partial charge in [-0.05, 0) is 24.7 Å². The fourth-order valence-electron chi connectivity index (χ4n) is 1.23. The van der Waals surface area contributed by atoms with Crippen molar-refractivity contribution in [3.05, 3.63) is 29.8 Å². The minimum atomic E-state index is -3.50. The number of hydrogen-bond donors (Lipinski definition) is 2. The van der Waals surface area contributed by atoms with E-state index < -0.39 is 16.2 Å². The predicted octanol–water partition coefficient (Wildman–Crippen LogP) is 0.278. The average Bonchev–Trinajstić information content (AvgIpc) is 2.16. The van der Waals surface area contributed by atoms with E-state index in [1.807, 2.05) is 0 Å². The zero-order chi connectivity index (χ0) is 12.2. The molecule has 0 aliphatic heterocycles. The molecular formula is C10H15NO4S. The van der Waals surface area contributed by atoms with Crippen LogP contribution in [0.2, 0.25) is 0 Å². The van der Waals surface area contributed by atoms with Gasteiger partial charge in [0.05, 0.1) is 12.4 Å². The Labute approximate surface area is 95.2 Å². The van der Waals surface area contributed by atoms with Crippen LogP contribution in [0.15, 0.2) is 24.3 Å². The van der Waals surface area contributed by atoms with Gasteiger partial charge in [0.1, 0.15) is 5.75 Å². The number of benzene rings is 1. The molecule has 5 nitrogen and oxygen atoms in total. The molecule has 0 heterocycles. The van der Waals surface area contributed by atoms with E-state index in [1.165, 1.54) is 12.1 Å². The molecule has 0 aliphatic carbocycles. The minimum absolute atomic E-state index is 0.239. The number of hydrogen-bond acceptors (Lipinski definition) is 5. The second kappa shape index (κ2) is 5.29. The lowest BCUT2D eigenvalue weighted by Crippen LogP contribution is -2.16. The minimum Gasteiger partial charge on any atom is -0.387 e. The molecule has 0 radical (unpaired) electrons. The molecule has 0 fully saturated rings. The van der Waals surface area contributed by atoms with Crippen LogP contribution in [0.25, 0.3) is 0 Å². The van der Waals surface area contributed by atoms with Crippen molar-refractivity contribution in [1.29, 1.82) is 0 Å². The average molecular weight is 245 g/mol. The molecule has 0 aliphatic rings. The number of likely N-dealkylation sites (N-methyl/N-ethyl adjacent to an activating group) is 1. The molecule has 0 aromatic heterocycles. The van der Waals surface area contributed by atoms with Gasteiger partial charge in [-0.25, -0.2) is 0 Å². The van der Waals surface area contributed by atoms with E-state index in [4.69, 9.17) is 0 Å². The van der Waals surface area contributed by atoms with E-state index in [9.17, 15) is 13.5 Å². The van der Waals surface area contributed by atoms with Gasteiger partial charge in [-0.1, -0.05) is 12.1 Å². The van der Waals surface area contributed by atoms with E-state index in [-0.39, 0.29) is 5.75 Å². The molecule has 0 amide bonds. The van der Waals surface area contributed by atoms with Crippen molar-refractivity contribution in [2.75, 3.05) is 19.8 Å². The van der Waals surface area contributed by atoms with E-state index in [2.05, 4.69) is 9.50 Å². The van der Waals surface area contributed by atoms with Gasteiger partial charge in [0, 0.05) is 6.54 Å². The maximum absolute atomic E-state index is 10.8. The predicted molar refractivity (Wildman–Crippen MR) is 60.8 cm³/mol. The third kappa shape index (κ3) is 4.18. The molecule has 90 valence electrons. The van der Waals surface area contributed by atoms with Crippen molar-refractivity contribution in [1.82, 2.24) is 5.32 Å². The summed E-state index contributed by atoms with van der Waals surface area (Å²) in [6, 6.07) is 6.27. The second-order valence-corrected chi connectivity index (χ2v) is 5.00. The fraction of sp³-hybridized carbons (Fsp3) is 0.400. The lowest BCUT2D eigenvalue weighted by atomic mass is 10.1. The van der Waals surface area contributed by atoms with Crippen molar-refractivity contribution in [3.8, 4) is 5.75 Å². The van der Waals surface area contributed by atoms with E-state index in [0.717, 1.165) is 6.26 Å². The Morgan fingerprint density at radius 3 is 2.38 bits per heavy atom. The maximum Gasteiger partial charge on any atom is 0.306 e. The zero-order valence-corrected chi connectivity index (χ0v) is 9.99. The summed E-state index contributed by atoms with van der Waals surface area (Å²) < 4.78 is 26.4. The molecule has 1 atom stereocenters. The van der Waals surface area contributed by atoms with E-state index >= 15 is 0 Å². The quantitative estimate of drug-likeness (QED) is 0.729. The molecule has 16 heavy (non-hydrogen) atoms. The molecule has 2 N–H and O–H groups in total. The summed E-state index contributed by atoms with van der Waals surface area (Å²) in [5.74, 6) is 0.239. The largest absolute Gasteiger partial charge is 0.387 e. The fourth-order valence-corrected chi connectivity index (χ4v) is 1.69. The van der Waals surface area contributed by atoms with Gasteiger partial charge >= 0.3 is 10.1 Å². The van der Waals surface area contributed by atoms with Gasteiger partial charge in [0.15, 0.2) is 0 Å². The Hall–Kier alpha value is -1.11. The molecule has 0 unspecified atom stereocenters. The van der Waals surface area contributed by atoms with Crippen LogP contribution in [0.5, 0.6) is 5.75 Å². The van der Waals surface area contributed by atoms with E-state index in [1.54, 1.807) is 19.2 Å². The molecule has 1 aromatic rings. The first-order chi connectivity index (χ1) is 7.42. The lowest BCUT2D eigenvalue weighted by Gasteiger charge is -2.10. The summed E-state index contributed by atoms with van der Waals surface area (Å²) in [7, 11) is -1.75. The molecule has 1 rings (SSSR count). The van der Waals surface area contributed by atoms with Crippen LogP contribution in [0.3, 0.4) is 0 Å². The molecule has 0 saturated heterocycles. The van der Waals surface area contributed by atoms with E-state index in [0.29, 0.717) is 12.1 Å². The van der Waals surface area contributed by atoms with Gasteiger partial charge in [0.2, 0.25) is 0 Å². The number of aliphatic hydroxyl groups excluding tert-OH is 1. The van der Waals surface area contributed by atoms with Crippen molar-refractivity contribution < 1.29 is 17.7 Å². The molecule has 0 spiro atoms. The number of rotatable bonds is 5. The Balaban J connectivity index is 2.75. The number of aliphatic hydroxyl groups is 1. The van der Waals surface area contributed by atoms with Crippen molar-refractivity contribution in [2.24, 2.45) is 0 Å². The van der Waals surface area contributed by atoms with Crippen LogP contribution >= 0.6 is 0 Å². The van der Waals surface area contributed by atoms with Gasteiger partial charge in [-0.3, -0.25) is 0 Å². The van der Waals surface area contributed by atoms with Gasteiger partial charge < -0.3 is 14.6 Å². The summed E-state index contributed by atoms with van der Waals surface area (Å²) in [5, 5.41) is 12.5. The first-order valence-electron chi connectivity index (χ1n) is 4.74. The molecule has 6 heteroatoms. The zero-order valence-electron chi connectivity index (χ0n) is 9.17. The van der Waals surface area contributed by atoms with Gasteiger partial charge in [-0.2, -0.15) is 8.42 Å². The van der Waals surface area contributed by atoms with Crippen LogP contribution in [-0.2, 0) is 10.1 Å². The third-order valence-electron chi connectivity index (χ3n) is 1.91. The van der Waals surface area contributed by atoms with Crippen LogP contribution in [-0.4, -0.2) is 33.4 Å². The van der Waals surface area contributed by atoms with Crippen LogP contribution in [0.4, 0.5) is 0 Å². The summed E-state index contributed by atoms with van der Waals surface area (Å²) in [6.07, 6.45) is 0.369. The van der Waals surface area contributed by atoms with Crippen molar-refractivity contribution in [3.63, 3.8) is 0 Å². The summed E-state index contributed by atoms with van der Waals surface area (Å²) in [6.45, 7) is 0.437.